The lowest BCUT2D eigenvalue weighted by Gasteiger charge is -2.19. The molecule has 11 rings (SSSR count). The Balaban J connectivity index is 0.000000175. The third-order valence-electron chi connectivity index (χ3n) is 13.2. The molecule has 0 radical (unpaired) electrons. The van der Waals surface area contributed by atoms with E-state index in [1.54, 1.807) is 70.5 Å². The molecule has 76 heavy (non-hydrogen) atoms. The minimum atomic E-state index is -0.724. The quantitative estimate of drug-likeness (QED) is 0.0716. The van der Waals surface area contributed by atoms with Gasteiger partial charge in [0.15, 0.2) is 0 Å². The Morgan fingerprint density at radius 3 is 1.72 bits per heavy atom. The highest BCUT2D eigenvalue weighted by Gasteiger charge is 2.27. The Morgan fingerprint density at radius 1 is 0.724 bits per heavy atom. The number of ether oxygens (including phenoxy) is 3. The number of hydrogen-bond acceptors (Lipinski definition) is 16. The maximum absolute atomic E-state index is 15.4. The lowest BCUT2D eigenvalue weighted by atomic mass is 10.1. The van der Waals surface area contributed by atoms with E-state index in [9.17, 15) is 19.2 Å². The first kappa shape index (κ1) is 52.4. The van der Waals surface area contributed by atoms with Crippen LogP contribution in [0.5, 0.6) is 11.5 Å². The topological polar surface area (TPSA) is 172 Å². The van der Waals surface area contributed by atoms with Crippen LogP contribution in [0.3, 0.4) is 0 Å². The number of thioether (sulfide) groups is 2. The van der Waals surface area contributed by atoms with Gasteiger partial charge < -0.3 is 24.4 Å². The molecule has 6 aromatic heterocycles. The summed E-state index contributed by atoms with van der Waals surface area (Å²) in [6.07, 6.45) is 14.2. The van der Waals surface area contributed by atoms with E-state index < -0.39 is 34.4 Å². The van der Waals surface area contributed by atoms with Gasteiger partial charge in [-0.2, -0.15) is 0 Å². The molecular weight excluding hydrogens is 1050 g/mol. The number of pyridine rings is 2. The molecule has 7 heterocycles. The number of likely N-dealkylation sites (tertiary alicyclic amines) is 1. The van der Waals surface area contributed by atoms with Crippen LogP contribution in [0.2, 0.25) is 0 Å². The van der Waals surface area contributed by atoms with Crippen molar-refractivity contribution < 1.29 is 32.6 Å². The van der Waals surface area contributed by atoms with E-state index in [1.807, 2.05) is 45.2 Å². The van der Waals surface area contributed by atoms with E-state index in [4.69, 9.17) is 14.2 Å². The van der Waals surface area contributed by atoms with Gasteiger partial charge in [0.25, 0.3) is 5.91 Å². The molecule has 21 heteroatoms. The summed E-state index contributed by atoms with van der Waals surface area (Å²) in [7, 11) is 5.27. The summed E-state index contributed by atoms with van der Waals surface area (Å²) < 4.78 is 51.9. The number of nitrogens with zero attached hydrogens (tertiary/aromatic N) is 7. The average Bonchev–Trinajstić information content (AvgIpc) is 4.17. The molecule has 1 N–H and O–H groups in total. The highest BCUT2D eigenvalue weighted by molar-refractivity contribution is 7.99. The van der Waals surface area contributed by atoms with Gasteiger partial charge in [0, 0.05) is 89.3 Å². The van der Waals surface area contributed by atoms with E-state index in [-0.39, 0.29) is 28.5 Å². The number of aromatic nitrogens is 6. The first-order chi connectivity index (χ1) is 37.0. The molecule has 4 aromatic carbocycles. The van der Waals surface area contributed by atoms with Gasteiger partial charge >= 0.3 is 5.97 Å². The van der Waals surface area contributed by atoms with E-state index in [2.05, 4.69) is 37.2 Å². The van der Waals surface area contributed by atoms with Crippen molar-refractivity contribution >= 4 is 110 Å². The van der Waals surface area contributed by atoms with E-state index in [0.29, 0.717) is 78.9 Å². The highest BCUT2D eigenvalue weighted by Crippen LogP contribution is 2.38. The summed E-state index contributed by atoms with van der Waals surface area (Å²) in [6.45, 7) is 3.32. The molecule has 1 unspecified atom stereocenters. The minimum absolute atomic E-state index is 0.0416. The maximum Gasteiger partial charge on any atom is 0.345 e. The summed E-state index contributed by atoms with van der Waals surface area (Å²) >= 11 is 5.35. The summed E-state index contributed by atoms with van der Waals surface area (Å²) in [5.74, 6) is 0.341. The molecule has 0 spiro atoms. The lowest BCUT2D eigenvalue weighted by Crippen LogP contribution is -2.34. The van der Waals surface area contributed by atoms with Crippen molar-refractivity contribution in [2.75, 3.05) is 52.5 Å². The standard InChI is InChI=1S/C30H30FN5O3S2.C25H20FN3O4S2/c1-35-12-3-4-19(35)7-9-34-29(38)27-28(37)21-15-22(31)25(40-13-8-18-17-32-10-11-33-18)16-24(21)36-23-6-5-20(39-2)14-26(23)41-30(27)36;1-3-33-25(31)22-23(30)16-11-17(26)20(34-9-6-14-13-27-7-8-28-14)12-19(16)29-18-5-4-15(32-2)10-21(18)35-24(22)29/h5-6,10-11,14-17,19H,3-4,7-9,12-13H2,1-2H3,(H,34,38);4-5,7-8,10-13H,3,6,9H2,1-2H3. The second-order valence-electron chi connectivity index (χ2n) is 17.8. The zero-order valence-corrected chi connectivity index (χ0v) is 45.0. The molecule has 10 aromatic rings. The fraction of sp³-hybridized carbons (Fsp3) is 0.273. The first-order valence-electron chi connectivity index (χ1n) is 24.4. The number of carbonyl (C=O) groups excluding carboxylic acids is 2. The highest BCUT2D eigenvalue weighted by atomic mass is 32.2. The normalized spacial score (nSPS) is 13.7. The number of aryl methyl sites for hydroxylation is 2. The zero-order valence-electron chi connectivity index (χ0n) is 41.8. The lowest BCUT2D eigenvalue weighted by molar-refractivity contribution is 0.0527. The van der Waals surface area contributed by atoms with Crippen LogP contribution in [-0.4, -0.2) is 104 Å². The number of esters is 1. The van der Waals surface area contributed by atoms with Crippen LogP contribution in [0.4, 0.5) is 8.78 Å². The molecule has 1 saturated heterocycles. The van der Waals surface area contributed by atoms with Gasteiger partial charge in [0.05, 0.1) is 69.1 Å². The van der Waals surface area contributed by atoms with Crippen LogP contribution in [0, 0.1) is 11.6 Å². The minimum Gasteiger partial charge on any atom is -0.497 e. The van der Waals surface area contributed by atoms with Crippen LogP contribution < -0.4 is 25.6 Å². The number of carbonyl (C=O) groups is 2. The number of thiazole rings is 2. The van der Waals surface area contributed by atoms with Gasteiger partial charge in [-0.25, -0.2) is 13.6 Å². The molecule has 0 aliphatic carbocycles. The predicted molar refractivity (Wildman–Crippen MR) is 298 cm³/mol. The molecule has 15 nitrogen and oxygen atoms in total. The van der Waals surface area contributed by atoms with Gasteiger partial charge in [-0.3, -0.25) is 43.1 Å². The van der Waals surface area contributed by atoms with Crippen molar-refractivity contribution in [2.45, 2.75) is 54.9 Å². The van der Waals surface area contributed by atoms with Crippen molar-refractivity contribution in [1.29, 1.82) is 0 Å². The monoisotopic (exact) mass is 1100 g/mol. The van der Waals surface area contributed by atoms with Gasteiger partial charge in [0.2, 0.25) is 10.9 Å². The Morgan fingerprint density at radius 2 is 1.25 bits per heavy atom. The number of hydrogen-bond donors (Lipinski definition) is 1. The number of rotatable bonds is 16. The number of fused-ring (bicyclic) bond motifs is 10. The number of amides is 1. The molecule has 1 aliphatic rings. The second-order valence-corrected chi connectivity index (χ2v) is 22.1. The van der Waals surface area contributed by atoms with Gasteiger partial charge in [0.1, 0.15) is 43.9 Å². The molecule has 0 saturated carbocycles. The van der Waals surface area contributed by atoms with Crippen LogP contribution in [0.1, 0.15) is 58.3 Å². The Hall–Kier alpha value is -7.04. The molecule has 1 amide bonds. The Labute approximate surface area is 450 Å². The zero-order chi connectivity index (χ0) is 53.0. The fourth-order valence-corrected chi connectivity index (χ4v) is 13.7. The first-order valence-corrected chi connectivity index (χ1v) is 28.0. The van der Waals surface area contributed by atoms with Crippen molar-refractivity contribution in [1.82, 2.24) is 39.0 Å². The fourth-order valence-electron chi connectivity index (χ4n) is 9.42. The van der Waals surface area contributed by atoms with Crippen molar-refractivity contribution in [2.24, 2.45) is 0 Å². The Bertz CT molecular complexity index is 3950. The number of methoxy groups -OCH3 is 2. The number of halogens is 2. The average molecular weight is 1100 g/mol. The smallest absolute Gasteiger partial charge is 0.345 e. The third-order valence-corrected chi connectivity index (χ3v) is 17.5. The molecule has 1 aliphatic heterocycles. The number of benzene rings is 4. The third kappa shape index (κ3) is 10.6. The van der Waals surface area contributed by atoms with Gasteiger partial charge in [-0.15, -0.1) is 46.2 Å². The van der Waals surface area contributed by atoms with Crippen LogP contribution >= 0.6 is 46.2 Å². The molecule has 1 fully saturated rings. The van der Waals surface area contributed by atoms with E-state index in [0.717, 1.165) is 57.6 Å². The predicted octanol–water partition coefficient (Wildman–Crippen LogP) is 10.3. The van der Waals surface area contributed by atoms with Crippen molar-refractivity contribution in [3.63, 3.8) is 0 Å². The van der Waals surface area contributed by atoms with Crippen LogP contribution in [0.15, 0.2) is 117 Å². The van der Waals surface area contributed by atoms with E-state index >= 15 is 8.78 Å². The summed E-state index contributed by atoms with van der Waals surface area (Å²) in [6, 6.07) is 17.4. The molecule has 1 atom stereocenters. The summed E-state index contributed by atoms with van der Waals surface area (Å²) in [4.78, 5) is 74.4. The van der Waals surface area contributed by atoms with Gasteiger partial charge in [-0.05, 0) is 100 Å². The SMILES string of the molecule is CCOC(=O)c1c(=O)c2cc(F)c(SCCc3cnccn3)cc2n2c1sc1cc(OC)ccc12.COc1ccc2c(c1)sc1c(C(=O)NCCC3CCCN3C)c(=O)c3cc(F)c(SCCc4cnccn4)cc3n12. The van der Waals surface area contributed by atoms with E-state index in [1.165, 1.54) is 58.3 Å². The van der Waals surface area contributed by atoms with Crippen LogP contribution in [0.25, 0.3) is 51.9 Å². The second kappa shape index (κ2) is 23.1. The largest absolute Gasteiger partial charge is 0.497 e. The van der Waals surface area contributed by atoms with Crippen molar-refractivity contribution in [3.05, 3.63) is 152 Å². The molecule has 390 valence electrons. The van der Waals surface area contributed by atoms with Crippen LogP contribution in [-0.2, 0) is 17.6 Å². The summed E-state index contributed by atoms with van der Waals surface area (Å²) in [5.41, 5.74) is 3.26. The number of nitrogens with one attached hydrogen (secondary N) is 1. The molecule has 0 bridgehead atoms. The Kier molecular flexibility index (Phi) is 15.9. The van der Waals surface area contributed by atoms with Gasteiger partial charge in [-0.1, -0.05) is 0 Å². The summed E-state index contributed by atoms with van der Waals surface area (Å²) in [5, 5.41) is 3.27. The molecular formula is C55H50F2N8O7S4. The van der Waals surface area contributed by atoms with Crippen molar-refractivity contribution in [3.8, 4) is 11.5 Å². The maximum atomic E-state index is 15.4.